The minimum absolute atomic E-state index is 0.458. The summed E-state index contributed by atoms with van der Waals surface area (Å²) in [6.45, 7) is 14.4. The largest absolute Gasteiger partial charge is 0.384 e. The summed E-state index contributed by atoms with van der Waals surface area (Å²) in [5.41, 5.74) is 9.98. The molecule has 0 unspecified atom stereocenters. The zero-order valence-electron chi connectivity index (χ0n) is 15.3. The molecule has 5 heteroatoms. The van der Waals surface area contributed by atoms with Crippen molar-refractivity contribution in [2.45, 2.75) is 27.3 Å². The SMILES string of the molecule is C=Cc1c(/C(=C\C)c2cc(N)ncc2Cl)ccn1CCN(CC)CC. The van der Waals surface area contributed by atoms with Crippen LogP contribution in [0.1, 0.15) is 37.6 Å². The van der Waals surface area contributed by atoms with E-state index in [-0.39, 0.29) is 0 Å². The van der Waals surface area contributed by atoms with Crippen molar-refractivity contribution in [1.82, 2.24) is 14.5 Å². The molecule has 134 valence electrons. The second kappa shape index (κ2) is 8.88. The molecule has 2 aromatic heterocycles. The second-order valence-electron chi connectivity index (χ2n) is 5.83. The van der Waals surface area contributed by atoms with Gasteiger partial charge in [0.25, 0.3) is 0 Å². The Bertz CT molecular complexity index is 757. The van der Waals surface area contributed by atoms with Crippen molar-refractivity contribution in [3.05, 3.63) is 59.0 Å². The van der Waals surface area contributed by atoms with Gasteiger partial charge in [-0.25, -0.2) is 4.98 Å². The number of nitrogen functional groups attached to an aromatic ring is 1. The van der Waals surface area contributed by atoms with Gasteiger partial charge < -0.3 is 15.2 Å². The van der Waals surface area contributed by atoms with E-state index in [9.17, 15) is 0 Å². The Morgan fingerprint density at radius 3 is 2.68 bits per heavy atom. The molecule has 2 heterocycles. The Morgan fingerprint density at radius 1 is 1.36 bits per heavy atom. The van der Waals surface area contributed by atoms with E-state index in [1.807, 2.05) is 19.1 Å². The lowest BCUT2D eigenvalue weighted by Crippen LogP contribution is -2.27. The zero-order valence-corrected chi connectivity index (χ0v) is 16.1. The molecule has 0 radical (unpaired) electrons. The third kappa shape index (κ3) is 4.33. The average Bonchev–Trinajstić information content (AvgIpc) is 3.02. The lowest BCUT2D eigenvalue weighted by molar-refractivity contribution is 0.290. The molecule has 0 aliphatic carbocycles. The highest BCUT2D eigenvalue weighted by Gasteiger charge is 2.15. The molecule has 0 amide bonds. The van der Waals surface area contributed by atoms with Gasteiger partial charge in [-0.05, 0) is 43.8 Å². The Hall–Kier alpha value is -2.04. The lowest BCUT2D eigenvalue weighted by atomic mass is 9.98. The fraction of sp³-hybridized carbons (Fsp3) is 0.350. The first-order valence-corrected chi connectivity index (χ1v) is 9.05. The molecule has 0 aromatic carbocycles. The lowest BCUT2D eigenvalue weighted by Gasteiger charge is -2.19. The molecule has 2 aromatic rings. The minimum Gasteiger partial charge on any atom is -0.384 e. The van der Waals surface area contributed by atoms with Crippen LogP contribution in [0.15, 0.2) is 37.2 Å². The highest BCUT2D eigenvalue weighted by Crippen LogP contribution is 2.33. The van der Waals surface area contributed by atoms with Crippen LogP contribution < -0.4 is 5.73 Å². The Morgan fingerprint density at radius 2 is 2.08 bits per heavy atom. The maximum absolute atomic E-state index is 6.36. The Balaban J connectivity index is 2.38. The first-order chi connectivity index (χ1) is 12.0. The van der Waals surface area contributed by atoms with Crippen LogP contribution in [0.25, 0.3) is 11.6 Å². The van der Waals surface area contributed by atoms with Crippen LogP contribution in [0.5, 0.6) is 0 Å². The molecule has 0 saturated carbocycles. The molecule has 0 spiro atoms. The summed E-state index contributed by atoms with van der Waals surface area (Å²) in [5.74, 6) is 0.458. The number of hydrogen-bond donors (Lipinski definition) is 1. The molecule has 4 nitrogen and oxygen atoms in total. The van der Waals surface area contributed by atoms with Crippen LogP contribution in [0, 0.1) is 0 Å². The third-order valence-corrected chi connectivity index (χ3v) is 4.80. The van der Waals surface area contributed by atoms with E-state index in [0.717, 1.165) is 48.6 Å². The van der Waals surface area contributed by atoms with E-state index in [4.69, 9.17) is 17.3 Å². The normalized spacial score (nSPS) is 12.0. The summed E-state index contributed by atoms with van der Waals surface area (Å²) in [4.78, 5) is 6.46. The number of nitrogens with zero attached hydrogens (tertiary/aromatic N) is 3. The summed E-state index contributed by atoms with van der Waals surface area (Å²) >= 11 is 6.36. The van der Waals surface area contributed by atoms with Gasteiger partial charge in [-0.1, -0.05) is 38.1 Å². The Labute approximate surface area is 155 Å². The number of nitrogens with two attached hydrogens (primary N) is 1. The predicted molar refractivity (Wildman–Crippen MR) is 109 cm³/mol. The molecule has 0 aliphatic rings. The van der Waals surface area contributed by atoms with E-state index in [1.165, 1.54) is 0 Å². The summed E-state index contributed by atoms with van der Waals surface area (Å²) in [6.07, 6.45) is 7.66. The first-order valence-electron chi connectivity index (χ1n) is 8.67. The molecule has 0 bridgehead atoms. The molecular weight excluding hydrogens is 332 g/mol. The van der Waals surface area contributed by atoms with Crippen molar-refractivity contribution in [3.63, 3.8) is 0 Å². The van der Waals surface area contributed by atoms with Gasteiger partial charge in [0.1, 0.15) is 5.82 Å². The molecule has 0 atom stereocenters. The van der Waals surface area contributed by atoms with Crippen LogP contribution in [0.4, 0.5) is 5.82 Å². The van der Waals surface area contributed by atoms with Gasteiger partial charge in [0, 0.05) is 42.3 Å². The fourth-order valence-electron chi connectivity index (χ4n) is 3.04. The van der Waals surface area contributed by atoms with Crippen molar-refractivity contribution in [2.75, 3.05) is 25.4 Å². The molecule has 2 N–H and O–H groups in total. The molecule has 2 rings (SSSR count). The molecule has 0 saturated heterocycles. The van der Waals surface area contributed by atoms with Crippen molar-refractivity contribution in [3.8, 4) is 0 Å². The summed E-state index contributed by atoms with van der Waals surface area (Å²) in [5, 5.41) is 0.591. The van der Waals surface area contributed by atoms with Crippen molar-refractivity contribution in [1.29, 1.82) is 0 Å². The number of hydrogen-bond acceptors (Lipinski definition) is 3. The first kappa shape index (κ1) is 19.3. The van der Waals surface area contributed by atoms with Crippen molar-refractivity contribution >= 4 is 29.1 Å². The summed E-state index contributed by atoms with van der Waals surface area (Å²) < 4.78 is 2.24. The molecular formula is C20H27ClN4. The maximum atomic E-state index is 6.36. The molecule has 25 heavy (non-hydrogen) atoms. The summed E-state index contributed by atoms with van der Waals surface area (Å²) in [7, 11) is 0. The second-order valence-corrected chi connectivity index (χ2v) is 6.24. The van der Waals surface area contributed by atoms with Gasteiger partial charge in [-0.2, -0.15) is 0 Å². The van der Waals surface area contributed by atoms with Crippen LogP contribution in [0.3, 0.4) is 0 Å². The predicted octanol–water partition coefficient (Wildman–Crippen LogP) is 4.56. The van der Waals surface area contributed by atoms with E-state index in [2.05, 4.69) is 53.2 Å². The highest BCUT2D eigenvalue weighted by molar-refractivity contribution is 6.32. The topological polar surface area (TPSA) is 47.1 Å². The van der Waals surface area contributed by atoms with E-state index >= 15 is 0 Å². The van der Waals surface area contributed by atoms with Crippen LogP contribution in [-0.2, 0) is 6.54 Å². The van der Waals surface area contributed by atoms with Crippen molar-refractivity contribution in [2.24, 2.45) is 0 Å². The van der Waals surface area contributed by atoms with Gasteiger partial charge in [-0.15, -0.1) is 0 Å². The smallest absolute Gasteiger partial charge is 0.124 e. The van der Waals surface area contributed by atoms with Crippen LogP contribution >= 0.6 is 11.6 Å². The monoisotopic (exact) mass is 358 g/mol. The van der Waals surface area contributed by atoms with Crippen molar-refractivity contribution < 1.29 is 0 Å². The highest BCUT2D eigenvalue weighted by atomic mass is 35.5. The number of likely N-dealkylation sites (N-methyl/N-ethyl adjacent to an activating group) is 1. The molecule has 0 fully saturated rings. The number of halogens is 1. The van der Waals surface area contributed by atoms with E-state index in [0.29, 0.717) is 10.8 Å². The van der Waals surface area contributed by atoms with E-state index < -0.39 is 0 Å². The van der Waals surface area contributed by atoms with Gasteiger partial charge in [0.2, 0.25) is 0 Å². The molecule has 0 aliphatic heterocycles. The minimum atomic E-state index is 0.458. The standard InChI is InChI=1S/C20H27ClN4/c1-5-15(17-13-20(22)23-14-18(17)21)16-9-10-25(19(16)6-2)12-11-24(7-3)8-4/h5-6,9-10,13-14H,2,7-8,11-12H2,1,3-4H3,(H2,22,23)/b15-5+. The van der Waals surface area contributed by atoms with E-state index in [1.54, 1.807) is 6.20 Å². The van der Waals surface area contributed by atoms with Crippen LogP contribution in [-0.4, -0.2) is 34.1 Å². The fourth-order valence-corrected chi connectivity index (χ4v) is 3.25. The van der Waals surface area contributed by atoms with Gasteiger partial charge >= 0.3 is 0 Å². The zero-order chi connectivity index (χ0) is 18.4. The number of aromatic nitrogens is 2. The van der Waals surface area contributed by atoms with Gasteiger partial charge in [0.05, 0.1) is 5.02 Å². The number of allylic oxidation sites excluding steroid dienone is 1. The third-order valence-electron chi connectivity index (χ3n) is 4.50. The summed E-state index contributed by atoms with van der Waals surface area (Å²) in [6, 6.07) is 3.93. The average molecular weight is 359 g/mol. The number of rotatable bonds is 8. The number of anilines is 1. The van der Waals surface area contributed by atoms with Crippen LogP contribution in [0.2, 0.25) is 5.02 Å². The number of pyridine rings is 1. The maximum Gasteiger partial charge on any atom is 0.124 e. The van der Waals surface area contributed by atoms with Gasteiger partial charge in [0.15, 0.2) is 0 Å². The van der Waals surface area contributed by atoms with Gasteiger partial charge in [-0.3, -0.25) is 0 Å². The Kier molecular flexibility index (Phi) is 6.85. The quantitative estimate of drug-likeness (QED) is 0.752.